The highest BCUT2D eigenvalue weighted by Gasteiger charge is 2.26. The Labute approximate surface area is 212 Å². The monoisotopic (exact) mass is 503 g/mol. The molecule has 0 unspecified atom stereocenters. The maximum Gasteiger partial charge on any atom is 0.341 e. The van der Waals surface area contributed by atoms with E-state index in [4.69, 9.17) is 16.3 Å². The fraction of sp³-hybridized carbons (Fsp3) is 0.111. The van der Waals surface area contributed by atoms with Crippen LogP contribution in [0.5, 0.6) is 0 Å². The summed E-state index contributed by atoms with van der Waals surface area (Å²) in [5, 5.41) is 12.5. The maximum atomic E-state index is 13.2. The Morgan fingerprint density at radius 2 is 1.51 bits per heavy atom. The van der Waals surface area contributed by atoms with E-state index in [0.717, 1.165) is 22.9 Å². The molecule has 1 aromatic heterocycles. The summed E-state index contributed by atoms with van der Waals surface area (Å²) in [5.41, 5.74) is 3.72. The number of nitrogens with zero attached hydrogens (tertiary/aromatic N) is 2. The lowest BCUT2D eigenvalue weighted by Crippen LogP contribution is -2.16. The van der Waals surface area contributed by atoms with Gasteiger partial charge in [-0.25, -0.2) is 4.79 Å². The van der Waals surface area contributed by atoms with Gasteiger partial charge in [-0.3, -0.25) is 4.79 Å². The van der Waals surface area contributed by atoms with Gasteiger partial charge in [0.2, 0.25) is 5.91 Å². The van der Waals surface area contributed by atoms with Gasteiger partial charge in [0.25, 0.3) is 0 Å². The molecule has 0 aliphatic heterocycles. The van der Waals surface area contributed by atoms with E-state index in [0.29, 0.717) is 27.0 Å². The lowest BCUT2D eigenvalue weighted by atomic mass is 9.96. The predicted molar refractivity (Wildman–Crippen MR) is 140 cm³/mol. The zero-order valence-electron chi connectivity index (χ0n) is 18.9. The minimum Gasteiger partial charge on any atom is -0.462 e. The molecule has 1 heterocycles. The average Bonchev–Trinajstić information content (AvgIpc) is 2.89. The number of esters is 1. The van der Waals surface area contributed by atoms with Gasteiger partial charge >= 0.3 is 5.97 Å². The molecule has 1 N–H and O–H groups in total. The molecule has 4 aromatic rings. The van der Waals surface area contributed by atoms with E-state index in [9.17, 15) is 9.59 Å². The second-order valence-electron chi connectivity index (χ2n) is 7.40. The number of anilines is 1. The SMILES string of the molecule is CCOC(=O)c1c(SCC(=O)Nc2ccc(Cl)cc2)nnc(-c2ccccc2)c1-c1ccccc1. The smallest absolute Gasteiger partial charge is 0.341 e. The van der Waals surface area contributed by atoms with Crippen LogP contribution in [0.2, 0.25) is 5.02 Å². The third kappa shape index (κ3) is 6.07. The summed E-state index contributed by atoms with van der Waals surface area (Å²) in [5.74, 6) is -0.732. The van der Waals surface area contributed by atoms with E-state index in [1.807, 2.05) is 60.7 Å². The summed E-state index contributed by atoms with van der Waals surface area (Å²) in [6.45, 7) is 1.95. The van der Waals surface area contributed by atoms with Gasteiger partial charge < -0.3 is 10.1 Å². The number of hydrogen-bond donors (Lipinski definition) is 1. The van der Waals surface area contributed by atoms with Gasteiger partial charge in [-0.05, 0) is 36.8 Å². The Bertz CT molecular complexity index is 1320. The third-order valence-electron chi connectivity index (χ3n) is 5.00. The molecule has 6 nitrogen and oxygen atoms in total. The Hall–Kier alpha value is -3.68. The van der Waals surface area contributed by atoms with Crippen LogP contribution in [-0.4, -0.2) is 34.4 Å². The van der Waals surface area contributed by atoms with Gasteiger partial charge in [0.15, 0.2) is 0 Å². The number of carbonyl (C=O) groups is 2. The molecule has 0 fully saturated rings. The van der Waals surface area contributed by atoms with Crippen LogP contribution in [0.4, 0.5) is 5.69 Å². The van der Waals surface area contributed by atoms with E-state index in [1.54, 1.807) is 31.2 Å². The second kappa shape index (κ2) is 11.6. The molecule has 176 valence electrons. The predicted octanol–water partition coefficient (Wildman–Crippen LogP) is 6.37. The van der Waals surface area contributed by atoms with Gasteiger partial charge in [-0.2, -0.15) is 0 Å². The molecular formula is C27H22ClN3O3S. The topological polar surface area (TPSA) is 81.2 Å². The number of nitrogens with one attached hydrogen (secondary N) is 1. The molecule has 0 saturated carbocycles. The zero-order chi connectivity index (χ0) is 24.6. The molecule has 1 amide bonds. The molecule has 0 aliphatic carbocycles. The van der Waals surface area contributed by atoms with Crippen LogP contribution >= 0.6 is 23.4 Å². The first-order valence-corrected chi connectivity index (χ1v) is 12.3. The Kier molecular flexibility index (Phi) is 8.13. The Morgan fingerprint density at radius 1 is 0.886 bits per heavy atom. The van der Waals surface area contributed by atoms with Gasteiger partial charge in [-0.15, -0.1) is 10.2 Å². The van der Waals surface area contributed by atoms with Crippen LogP contribution in [0.3, 0.4) is 0 Å². The molecule has 0 radical (unpaired) electrons. The summed E-state index contributed by atoms with van der Waals surface area (Å²) in [4.78, 5) is 25.8. The first kappa shape index (κ1) is 24.4. The fourth-order valence-corrected chi connectivity index (χ4v) is 4.36. The van der Waals surface area contributed by atoms with Crippen molar-refractivity contribution in [3.8, 4) is 22.4 Å². The molecule has 0 atom stereocenters. The van der Waals surface area contributed by atoms with Crippen molar-refractivity contribution in [3.05, 3.63) is 95.5 Å². The van der Waals surface area contributed by atoms with Gasteiger partial charge in [0.05, 0.1) is 12.4 Å². The highest BCUT2D eigenvalue weighted by Crippen LogP contribution is 2.37. The third-order valence-corrected chi connectivity index (χ3v) is 6.22. The minimum absolute atomic E-state index is 0.0304. The molecule has 0 aliphatic rings. The van der Waals surface area contributed by atoms with Gasteiger partial charge in [0, 0.05) is 21.8 Å². The van der Waals surface area contributed by atoms with E-state index >= 15 is 0 Å². The summed E-state index contributed by atoms with van der Waals surface area (Å²) in [7, 11) is 0. The Balaban J connectivity index is 1.73. The molecule has 0 spiro atoms. The van der Waals surface area contributed by atoms with Gasteiger partial charge in [-0.1, -0.05) is 84.0 Å². The second-order valence-corrected chi connectivity index (χ2v) is 8.80. The van der Waals surface area contributed by atoms with E-state index in [1.165, 1.54) is 0 Å². The van der Waals surface area contributed by atoms with Crippen molar-refractivity contribution in [3.63, 3.8) is 0 Å². The van der Waals surface area contributed by atoms with Crippen LogP contribution in [0.1, 0.15) is 17.3 Å². The molecule has 4 rings (SSSR count). The lowest BCUT2D eigenvalue weighted by molar-refractivity contribution is -0.113. The molecule has 8 heteroatoms. The first-order chi connectivity index (χ1) is 17.1. The highest BCUT2D eigenvalue weighted by atomic mass is 35.5. The number of halogens is 1. The molecule has 0 bridgehead atoms. The largest absolute Gasteiger partial charge is 0.462 e. The van der Waals surface area contributed by atoms with E-state index in [2.05, 4.69) is 15.5 Å². The van der Waals surface area contributed by atoms with Crippen molar-refractivity contribution in [2.75, 3.05) is 17.7 Å². The van der Waals surface area contributed by atoms with Crippen LogP contribution in [0.25, 0.3) is 22.4 Å². The molecule has 35 heavy (non-hydrogen) atoms. The standard InChI is InChI=1S/C27H22ClN3O3S/c1-2-34-27(33)24-23(18-9-5-3-6-10-18)25(19-11-7-4-8-12-19)30-31-26(24)35-17-22(32)29-21-15-13-20(28)14-16-21/h3-16H,2,17H2,1H3,(H,29,32). The van der Waals surface area contributed by atoms with Crippen molar-refractivity contribution < 1.29 is 14.3 Å². The number of amides is 1. The quantitative estimate of drug-likeness (QED) is 0.222. The van der Waals surface area contributed by atoms with Crippen LogP contribution in [-0.2, 0) is 9.53 Å². The fourth-order valence-electron chi connectivity index (χ4n) is 3.46. The average molecular weight is 504 g/mol. The molecule has 3 aromatic carbocycles. The number of carbonyl (C=O) groups excluding carboxylic acids is 2. The van der Waals surface area contributed by atoms with Crippen LogP contribution in [0.15, 0.2) is 90.0 Å². The number of thioether (sulfide) groups is 1. The summed E-state index contributed by atoms with van der Waals surface area (Å²) in [6.07, 6.45) is 0. The van der Waals surface area contributed by atoms with Gasteiger partial charge in [0.1, 0.15) is 16.3 Å². The van der Waals surface area contributed by atoms with Crippen LogP contribution < -0.4 is 5.32 Å². The normalized spacial score (nSPS) is 10.6. The van der Waals surface area contributed by atoms with Crippen molar-refractivity contribution >= 4 is 40.9 Å². The van der Waals surface area contributed by atoms with Crippen molar-refractivity contribution in [1.82, 2.24) is 10.2 Å². The Morgan fingerprint density at radius 3 is 2.14 bits per heavy atom. The summed E-state index contributed by atoms with van der Waals surface area (Å²) >= 11 is 7.04. The van der Waals surface area contributed by atoms with E-state index < -0.39 is 5.97 Å². The summed E-state index contributed by atoms with van der Waals surface area (Å²) in [6, 6.07) is 25.9. The van der Waals surface area contributed by atoms with Crippen molar-refractivity contribution in [1.29, 1.82) is 0 Å². The summed E-state index contributed by atoms with van der Waals surface area (Å²) < 4.78 is 5.40. The first-order valence-electron chi connectivity index (χ1n) is 10.9. The number of ether oxygens (including phenoxy) is 1. The number of benzene rings is 3. The molecular weight excluding hydrogens is 482 g/mol. The van der Waals surface area contributed by atoms with Crippen molar-refractivity contribution in [2.45, 2.75) is 11.9 Å². The van der Waals surface area contributed by atoms with E-state index in [-0.39, 0.29) is 23.8 Å². The lowest BCUT2D eigenvalue weighted by Gasteiger charge is -2.16. The number of hydrogen-bond acceptors (Lipinski definition) is 6. The maximum absolute atomic E-state index is 13.2. The zero-order valence-corrected chi connectivity index (χ0v) is 20.5. The molecule has 0 saturated heterocycles. The van der Waals surface area contributed by atoms with Crippen LogP contribution in [0, 0.1) is 0 Å². The number of rotatable bonds is 8. The number of aromatic nitrogens is 2. The highest BCUT2D eigenvalue weighted by molar-refractivity contribution is 8.00. The minimum atomic E-state index is -0.515. The van der Waals surface area contributed by atoms with Crippen molar-refractivity contribution in [2.24, 2.45) is 0 Å².